The average molecular weight is 896 g/mol. The predicted molar refractivity (Wildman–Crippen MR) is 241 cm³/mol. The van der Waals surface area contributed by atoms with Crippen LogP contribution in [0.25, 0.3) is 10.4 Å². The molecule has 0 aromatic heterocycles. The van der Waals surface area contributed by atoms with Gasteiger partial charge in [-0.2, -0.15) is 0 Å². The monoisotopic (exact) mass is 896 g/mol. The fraction of sp³-hybridized carbons (Fsp3) is 0.841. The number of nitrogens with one attached hydrogen (secondary N) is 6. The highest BCUT2D eigenvalue weighted by Crippen LogP contribution is 2.27. The highest BCUT2D eigenvalue weighted by molar-refractivity contribution is 5.79. The highest BCUT2D eigenvalue weighted by atomic mass is 16.5. The van der Waals surface area contributed by atoms with Crippen LogP contribution in [0.2, 0.25) is 0 Å². The normalized spacial score (nSPS) is 11.0. The molecule has 0 radical (unpaired) electrons. The van der Waals surface area contributed by atoms with Crippen LogP contribution in [0.3, 0.4) is 0 Å². The summed E-state index contributed by atoms with van der Waals surface area (Å²) in [6, 6.07) is 0. The number of carbonyl (C=O) groups is 7. The molecule has 0 aromatic carbocycles. The first-order valence-corrected chi connectivity index (χ1v) is 23.4. The number of hydrogen-bond donors (Lipinski definition) is 6. The third-order valence-electron chi connectivity index (χ3n) is 9.76. The number of amides is 6. The summed E-state index contributed by atoms with van der Waals surface area (Å²) in [5, 5.41) is 20.6. The molecule has 0 atom stereocenters. The summed E-state index contributed by atoms with van der Waals surface area (Å²) in [6.45, 7) is 9.13. The number of Topliss-reactive ketones (excluding diaryl/α,β-unsaturated/α-hetero) is 1. The van der Waals surface area contributed by atoms with Crippen molar-refractivity contribution in [2.75, 3.05) is 85.5 Å². The zero-order valence-corrected chi connectivity index (χ0v) is 38.8. The molecule has 19 heteroatoms. The summed E-state index contributed by atoms with van der Waals surface area (Å²) >= 11 is 0. The predicted octanol–water partition coefficient (Wildman–Crippen LogP) is 4.46. The van der Waals surface area contributed by atoms with Gasteiger partial charge in [-0.1, -0.05) is 51.6 Å². The van der Waals surface area contributed by atoms with Gasteiger partial charge in [-0.15, -0.1) is 0 Å². The lowest BCUT2D eigenvalue weighted by Crippen LogP contribution is -2.40. The molecule has 0 heterocycles. The van der Waals surface area contributed by atoms with Gasteiger partial charge in [-0.25, -0.2) is 0 Å². The summed E-state index contributed by atoms with van der Waals surface area (Å²) in [7, 11) is 0. The van der Waals surface area contributed by atoms with Crippen LogP contribution in [-0.2, 0) is 47.8 Å². The van der Waals surface area contributed by atoms with Crippen molar-refractivity contribution in [2.24, 2.45) is 10.5 Å². The Bertz CT molecular complexity index is 1210. The molecule has 362 valence electrons. The Morgan fingerprint density at radius 3 is 1.10 bits per heavy atom. The fourth-order valence-corrected chi connectivity index (χ4v) is 6.05. The molecule has 0 aromatic rings. The molecular weight excluding hydrogens is 815 g/mol. The largest absolute Gasteiger partial charge is 0.380 e. The smallest absolute Gasteiger partial charge is 0.222 e. The van der Waals surface area contributed by atoms with Crippen molar-refractivity contribution < 1.29 is 47.8 Å². The molecule has 0 unspecified atom stereocenters. The van der Waals surface area contributed by atoms with Crippen LogP contribution < -0.4 is 31.9 Å². The number of rotatable bonds is 44. The van der Waals surface area contributed by atoms with E-state index in [4.69, 9.17) is 19.7 Å². The molecule has 0 rings (SSSR count). The SMILES string of the molecule is CCCCC(=O)NCCCNC(=O)CCOCC(COCCC(=O)NCCCNC(=O)CCCC)(COCCC(=O)NCCCNC(=O)CCCC)CC(=O)CCCCCN=[N+]=[N-]. The van der Waals surface area contributed by atoms with Gasteiger partial charge >= 0.3 is 0 Å². The summed E-state index contributed by atoms with van der Waals surface area (Å²) in [5.74, 6) is -0.749. The van der Waals surface area contributed by atoms with Crippen LogP contribution in [0.5, 0.6) is 0 Å². The topological polar surface area (TPSA) is 268 Å². The summed E-state index contributed by atoms with van der Waals surface area (Å²) in [6.07, 6.45) is 10.9. The zero-order chi connectivity index (χ0) is 46.7. The second-order valence-corrected chi connectivity index (χ2v) is 15.9. The maximum absolute atomic E-state index is 13.4. The standard InChI is InChI=1S/C44H81N9O10/c1-4-7-17-38(55)46-23-13-26-49-41(58)20-30-61-34-44(33-37(54)16-11-10-12-29-52-53-45,35-62-31-21-42(59)50-27-14-24-47-39(56)18-8-5-2)36-63-32-22-43(60)51-28-15-25-48-40(57)19-9-6-3/h4-36H2,1-3H3,(H,46,55)(H,47,56)(H,48,57)(H,49,58)(H,50,59)(H,51,60). The highest BCUT2D eigenvalue weighted by Gasteiger charge is 2.34. The minimum Gasteiger partial charge on any atom is -0.380 e. The molecule has 0 aliphatic carbocycles. The van der Waals surface area contributed by atoms with Gasteiger partial charge in [0.15, 0.2) is 0 Å². The van der Waals surface area contributed by atoms with E-state index in [1.165, 1.54) is 0 Å². The van der Waals surface area contributed by atoms with Crippen LogP contribution in [-0.4, -0.2) is 127 Å². The Labute approximate surface area is 375 Å². The molecule has 6 amide bonds. The zero-order valence-electron chi connectivity index (χ0n) is 38.8. The molecule has 6 N–H and O–H groups in total. The minimum atomic E-state index is -1.01. The first kappa shape index (κ1) is 58.7. The lowest BCUT2D eigenvalue weighted by atomic mass is 9.84. The second-order valence-electron chi connectivity index (χ2n) is 15.9. The first-order chi connectivity index (χ1) is 30.5. The number of carbonyl (C=O) groups excluding carboxylic acids is 7. The summed E-state index contributed by atoms with van der Waals surface area (Å²) in [4.78, 5) is 89.4. The van der Waals surface area contributed by atoms with E-state index in [1.54, 1.807) is 0 Å². The van der Waals surface area contributed by atoms with Gasteiger partial charge in [0.25, 0.3) is 0 Å². The first-order valence-electron chi connectivity index (χ1n) is 23.4. The van der Waals surface area contributed by atoms with Gasteiger partial charge in [0, 0.05) is 108 Å². The van der Waals surface area contributed by atoms with E-state index in [-0.39, 0.29) is 113 Å². The fourth-order valence-electron chi connectivity index (χ4n) is 6.05. The van der Waals surface area contributed by atoms with E-state index in [2.05, 4.69) is 41.9 Å². The van der Waals surface area contributed by atoms with Crippen molar-refractivity contribution in [1.82, 2.24) is 31.9 Å². The van der Waals surface area contributed by atoms with Crippen LogP contribution in [0.1, 0.15) is 149 Å². The molecule has 0 aliphatic rings. The van der Waals surface area contributed by atoms with Crippen molar-refractivity contribution in [3.05, 3.63) is 10.4 Å². The average Bonchev–Trinajstić information content (AvgIpc) is 3.26. The quantitative estimate of drug-likeness (QED) is 0.0216. The van der Waals surface area contributed by atoms with E-state index < -0.39 is 5.41 Å². The Morgan fingerprint density at radius 2 is 0.778 bits per heavy atom. The van der Waals surface area contributed by atoms with Crippen LogP contribution in [0.15, 0.2) is 5.11 Å². The van der Waals surface area contributed by atoms with Crippen molar-refractivity contribution in [3.8, 4) is 0 Å². The third-order valence-corrected chi connectivity index (χ3v) is 9.76. The van der Waals surface area contributed by atoms with Gasteiger partial charge in [-0.3, -0.25) is 33.6 Å². The van der Waals surface area contributed by atoms with Gasteiger partial charge in [-0.05, 0) is 56.9 Å². The summed E-state index contributed by atoms with van der Waals surface area (Å²) < 4.78 is 18.1. The molecule has 63 heavy (non-hydrogen) atoms. The Morgan fingerprint density at radius 1 is 0.444 bits per heavy atom. The van der Waals surface area contributed by atoms with E-state index in [9.17, 15) is 33.6 Å². The molecule has 19 nitrogen and oxygen atoms in total. The van der Waals surface area contributed by atoms with Gasteiger partial charge < -0.3 is 46.1 Å². The van der Waals surface area contributed by atoms with Crippen molar-refractivity contribution >= 4 is 41.2 Å². The van der Waals surface area contributed by atoms with Crippen LogP contribution in [0, 0.1) is 5.41 Å². The number of hydrogen-bond acceptors (Lipinski definition) is 11. The maximum Gasteiger partial charge on any atom is 0.222 e. The van der Waals surface area contributed by atoms with E-state index in [1.807, 2.05) is 20.8 Å². The molecule has 0 saturated carbocycles. The molecule has 0 bridgehead atoms. The van der Waals surface area contributed by atoms with Gasteiger partial charge in [0.2, 0.25) is 35.4 Å². The molecular formula is C44H81N9O10. The number of nitrogens with zero attached hydrogens (tertiary/aromatic N) is 3. The van der Waals surface area contributed by atoms with Gasteiger partial charge in [0.1, 0.15) is 5.78 Å². The van der Waals surface area contributed by atoms with E-state index >= 15 is 0 Å². The molecule has 0 spiro atoms. The summed E-state index contributed by atoms with van der Waals surface area (Å²) in [5.41, 5.74) is 7.54. The van der Waals surface area contributed by atoms with E-state index in [0.717, 1.165) is 38.5 Å². The number of ketones is 1. The maximum atomic E-state index is 13.4. The Hall–Kier alpha value is -4.32. The molecule has 0 fully saturated rings. The lowest BCUT2D eigenvalue weighted by molar-refractivity contribution is -0.133. The van der Waals surface area contributed by atoms with Crippen LogP contribution >= 0.6 is 0 Å². The minimum absolute atomic E-state index is 0.000951. The van der Waals surface area contributed by atoms with Crippen molar-refractivity contribution in [3.63, 3.8) is 0 Å². The van der Waals surface area contributed by atoms with Crippen molar-refractivity contribution in [1.29, 1.82) is 0 Å². The van der Waals surface area contributed by atoms with Gasteiger partial charge in [0.05, 0.1) is 39.6 Å². The molecule has 0 aliphatic heterocycles. The Balaban J connectivity index is 5.45. The second kappa shape index (κ2) is 41.7. The van der Waals surface area contributed by atoms with E-state index in [0.29, 0.717) is 104 Å². The number of unbranched alkanes of at least 4 members (excludes halogenated alkanes) is 5. The number of azide groups is 1. The van der Waals surface area contributed by atoms with Crippen LogP contribution in [0.4, 0.5) is 0 Å². The number of ether oxygens (including phenoxy) is 3. The Kier molecular flexibility index (Phi) is 38.8. The van der Waals surface area contributed by atoms with Crippen molar-refractivity contribution in [2.45, 2.75) is 149 Å². The third kappa shape index (κ3) is 37.9. The molecule has 0 saturated heterocycles. The lowest BCUT2D eigenvalue weighted by Gasteiger charge is -2.33.